The Morgan fingerprint density at radius 3 is 2.50 bits per heavy atom. The fourth-order valence-corrected chi connectivity index (χ4v) is 2.14. The summed E-state index contributed by atoms with van der Waals surface area (Å²) in [5.41, 5.74) is 0.587. The van der Waals surface area contributed by atoms with Gasteiger partial charge >= 0.3 is 0 Å². The molecule has 1 nitrogen and oxygen atoms in total. The summed E-state index contributed by atoms with van der Waals surface area (Å²) in [5, 5.41) is 3.22. The lowest BCUT2D eigenvalue weighted by molar-refractivity contribution is 0.629. The number of halogens is 2. The van der Waals surface area contributed by atoms with Crippen molar-refractivity contribution >= 4 is 33.3 Å². The molecule has 0 radical (unpaired) electrons. The molecule has 3 aromatic rings. The summed E-state index contributed by atoms with van der Waals surface area (Å²) in [6, 6.07) is 12.3. The summed E-state index contributed by atoms with van der Waals surface area (Å²) >= 11 is 6.05. The first-order valence-electron chi connectivity index (χ1n) is 4.89. The van der Waals surface area contributed by atoms with Gasteiger partial charge in [-0.15, -0.1) is 0 Å². The van der Waals surface area contributed by atoms with Gasteiger partial charge < -0.3 is 0 Å². The van der Waals surface area contributed by atoms with Crippen LogP contribution < -0.4 is 0 Å². The van der Waals surface area contributed by atoms with Crippen LogP contribution in [0.3, 0.4) is 0 Å². The Balaban J connectivity index is 2.59. The van der Waals surface area contributed by atoms with E-state index in [1.54, 1.807) is 6.07 Å². The highest BCUT2D eigenvalue weighted by Gasteiger charge is 2.06. The van der Waals surface area contributed by atoms with E-state index >= 15 is 0 Å². The van der Waals surface area contributed by atoms with E-state index < -0.39 is 0 Å². The number of rotatable bonds is 0. The highest BCUT2D eigenvalue weighted by atomic mass is 35.5. The monoisotopic (exact) mass is 231 g/mol. The summed E-state index contributed by atoms with van der Waals surface area (Å²) in [4.78, 5) is 4.19. The molecule has 3 rings (SSSR count). The van der Waals surface area contributed by atoms with Crippen molar-refractivity contribution in [2.75, 3.05) is 0 Å². The van der Waals surface area contributed by atoms with Gasteiger partial charge in [0, 0.05) is 16.8 Å². The van der Waals surface area contributed by atoms with Crippen LogP contribution in [0.2, 0.25) is 5.15 Å². The first-order valence-corrected chi connectivity index (χ1v) is 5.27. The minimum absolute atomic E-state index is 0.300. The topological polar surface area (TPSA) is 12.9 Å². The van der Waals surface area contributed by atoms with Crippen LogP contribution in [0, 0.1) is 5.82 Å². The maximum atomic E-state index is 13.1. The smallest absolute Gasteiger partial charge is 0.137 e. The van der Waals surface area contributed by atoms with Gasteiger partial charge in [0.1, 0.15) is 11.0 Å². The van der Waals surface area contributed by atoms with Crippen molar-refractivity contribution in [3.05, 3.63) is 53.4 Å². The molecule has 0 aliphatic heterocycles. The number of benzene rings is 2. The molecule has 0 fully saturated rings. The summed E-state index contributed by atoms with van der Waals surface area (Å²) in [5.74, 6) is -0.300. The highest BCUT2D eigenvalue weighted by Crippen LogP contribution is 2.29. The van der Waals surface area contributed by atoms with Gasteiger partial charge in [-0.1, -0.05) is 35.9 Å². The van der Waals surface area contributed by atoms with E-state index in [0.29, 0.717) is 10.7 Å². The van der Waals surface area contributed by atoms with Gasteiger partial charge in [0.2, 0.25) is 0 Å². The molecule has 0 atom stereocenters. The standard InChI is InChI=1S/C13H7ClFN/c14-13-11-4-2-1-3-9(11)10-6-5-8(15)7-12(10)16-13/h1-7H. The van der Waals surface area contributed by atoms with Crippen molar-refractivity contribution in [2.24, 2.45) is 0 Å². The van der Waals surface area contributed by atoms with Gasteiger partial charge in [0.25, 0.3) is 0 Å². The Morgan fingerprint density at radius 2 is 1.69 bits per heavy atom. The van der Waals surface area contributed by atoms with Crippen LogP contribution in [0.5, 0.6) is 0 Å². The third-order valence-electron chi connectivity index (χ3n) is 2.62. The Kier molecular flexibility index (Phi) is 2.04. The first-order chi connectivity index (χ1) is 7.75. The molecule has 1 heterocycles. The molecule has 16 heavy (non-hydrogen) atoms. The van der Waals surface area contributed by atoms with E-state index in [1.165, 1.54) is 12.1 Å². The Labute approximate surface area is 96.5 Å². The second-order valence-electron chi connectivity index (χ2n) is 3.61. The molecule has 2 aromatic carbocycles. The normalized spacial score (nSPS) is 11.1. The molecule has 0 bridgehead atoms. The van der Waals surface area contributed by atoms with Crippen molar-refractivity contribution in [3.8, 4) is 0 Å². The molecule has 0 aliphatic rings. The first kappa shape index (κ1) is 9.55. The molecule has 3 heteroatoms. The van der Waals surface area contributed by atoms with Crippen LogP contribution in [-0.2, 0) is 0 Å². The molecule has 0 aliphatic carbocycles. The zero-order valence-corrected chi connectivity index (χ0v) is 9.00. The van der Waals surface area contributed by atoms with Gasteiger partial charge in [-0.25, -0.2) is 9.37 Å². The fourth-order valence-electron chi connectivity index (χ4n) is 1.89. The second kappa shape index (κ2) is 3.42. The number of nitrogens with zero attached hydrogens (tertiary/aromatic N) is 1. The molecule has 0 saturated carbocycles. The van der Waals surface area contributed by atoms with Crippen LogP contribution in [0.4, 0.5) is 4.39 Å². The minimum Gasteiger partial charge on any atom is -0.235 e. The second-order valence-corrected chi connectivity index (χ2v) is 3.97. The van der Waals surface area contributed by atoms with E-state index in [-0.39, 0.29) is 5.82 Å². The van der Waals surface area contributed by atoms with Gasteiger partial charge in [-0.2, -0.15) is 0 Å². The van der Waals surface area contributed by atoms with Gasteiger partial charge in [0.05, 0.1) is 5.52 Å². The number of fused-ring (bicyclic) bond motifs is 3. The largest absolute Gasteiger partial charge is 0.235 e. The van der Waals surface area contributed by atoms with Crippen LogP contribution >= 0.6 is 11.6 Å². The van der Waals surface area contributed by atoms with E-state index in [2.05, 4.69) is 4.98 Å². The lowest BCUT2D eigenvalue weighted by atomic mass is 10.1. The van der Waals surface area contributed by atoms with Crippen LogP contribution in [0.25, 0.3) is 21.7 Å². The maximum Gasteiger partial charge on any atom is 0.137 e. The van der Waals surface area contributed by atoms with E-state index in [1.807, 2.05) is 24.3 Å². The molecule has 0 unspecified atom stereocenters. The minimum atomic E-state index is -0.300. The molecule has 0 N–H and O–H groups in total. The van der Waals surface area contributed by atoms with Gasteiger partial charge in [-0.3, -0.25) is 0 Å². The molecule has 1 aromatic heterocycles. The molecular formula is C13H7ClFN. The van der Waals surface area contributed by atoms with Crippen molar-refractivity contribution in [2.45, 2.75) is 0 Å². The lowest BCUT2D eigenvalue weighted by Crippen LogP contribution is -1.85. The van der Waals surface area contributed by atoms with Crippen molar-refractivity contribution in [1.82, 2.24) is 4.98 Å². The fraction of sp³-hybridized carbons (Fsp3) is 0. The van der Waals surface area contributed by atoms with Crippen molar-refractivity contribution in [1.29, 1.82) is 0 Å². The molecule has 78 valence electrons. The molecular weight excluding hydrogens is 225 g/mol. The zero-order chi connectivity index (χ0) is 11.1. The van der Waals surface area contributed by atoms with Gasteiger partial charge in [-0.05, 0) is 17.5 Å². The number of aromatic nitrogens is 1. The third kappa shape index (κ3) is 1.34. The quantitative estimate of drug-likeness (QED) is 0.418. The SMILES string of the molecule is Fc1ccc2c(c1)nc(Cl)c1ccccc12. The summed E-state index contributed by atoms with van der Waals surface area (Å²) in [7, 11) is 0. The Hall–Kier alpha value is -1.67. The Morgan fingerprint density at radius 1 is 0.938 bits per heavy atom. The third-order valence-corrected chi connectivity index (χ3v) is 2.91. The van der Waals surface area contributed by atoms with Crippen molar-refractivity contribution < 1.29 is 4.39 Å². The average Bonchev–Trinajstić information content (AvgIpc) is 2.29. The predicted molar refractivity (Wildman–Crippen MR) is 64.2 cm³/mol. The van der Waals surface area contributed by atoms with E-state index in [0.717, 1.165) is 16.2 Å². The number of pyridine rings is 1. The number of hydrogen-bond donors (Lipinski definition) is 0. The predicted octanol–water partition coefficient (Wildman–Crippen LogP) is 4.18. The molecule has 0 saturated heterocycles. The summed E-state index contributed by atoms with van der Waals surface area (Å²) < 4.78 is 13.1. The van der Waals surface area contributed by atoms with Crippen LogP contribution in [-0.4, -0.2) is 4.98 Å². The van der Waals surface area contributed by atoms with E-state index in [9.17, 15) is 4.39 Å². The average molecular weight is 232 g/mol. The van der Waals surface area contributed by atoms with E-state index in [4.69, 9.17) is 11.6 Å². The summed E-state index contributed by atoms with van der Waals surface area (Å²) in [6.07, 6.45) is 0. The van der Waals surface area contributed by atoms with Crippen molar-refractivity contribution in [3.63, 3.8) is 0 Å². The molecule has 0 amide bonds. The maximum absolute atomic E-state index is 13.1. The van der Waals surface area contributed by atoms with Gasteiger partial charge in [0.15, 0.2) is 0 Å². The lowest BCUT2D eigenvalue weighted by Gasteiger charge is -2.04. The van der Waals surface area contributed by atoms with Crippen LogP contribution in [0.15, 0.2) is 42.5 Å². The number of hydrogen-bond acceptors (Lipinski definition) is 1. The zero-order valence-electron chi connectivity index (χ0n) is 8.24. The van der Waals surface area contributed by atoms with Crippen LogP contribution in [0.1, 0.15) is 0 Å². The Bertz CT molecular complexity index is 694. The highest BCUT2D eigenvalue weighted by molar-refractivity contribution is 6.35. The molecule has 0 spiro atoms. The summed E-state index contributed by atoms with van der Waals surface area (Å²) in [6.45, 7) is 0.